The quantitative estimate of drug-likeness (QED) is 0.923. The van der Waals surface area contributed by atoms with E-state index in [0.717, 1.165) is 11.6 Å². The van der Waals surface area contributed by atoms with Crippen LogP contribution in [0.25, 0.3) is 11.3 Å². The lowest BCUT2D eigenvalue weighted by molar-refractivity contribution is 0.417. The highest BCUT2D eigenvalue weighted by Crippen LogP contribution is 2.27. The van der Waals surface area contributed by atoms with Crippen LogP contribution in [0.5, 0.6) is 0 Å². The Hall–Kier alpha value is -1.75. The van der Waals surface area contributed by atoms with E-state index in [1.165, 1.54) is 18.3 Å². The molecule has 0 unspecified atom stereocenters. The molecule has 0 aliphatic carbocycles. The lowest BCUT2D eigenvalue weighted by Crippen LogP contribution is -2.35. The Morgan fingerprint density at radius 1 is 1.26 bits per heavy atom. The van der Waals surface area contributed by atoms with E-state index in [1.54, 1.807) is 0 Å². The van der Waals surface area contributed by atoms with Crippen LogP contribution in [0, 0.1) is 11.6 Å². The van der Waals surface area contributed by atoms with Gasteiger partial charge in [0, 0.05) is 23.7 Å². The Balaban J connectivity index is 2.28. The molecule has 3 nitrogen and oxygen atoms in total. The van der Waals surface area contributed by atoms with Gasteiger partial charge in [0.1, 0.15) is 11.6 Å². The third-order valence-electron chi connectivity index (χ3n) is 2.63. The molecule has 0 bridgehead atoms. The minimum absolute atomic E-state index is 0.0735. The van der Waals surface area contributed by atoms with Gasteiger partial charge in [0.2, 0.25) is 0 Å². The number of rotatable bonds is 3. The predicted molar refractivity (Wildman–Crippen MR) is 68.4 cm³/mol. The molecule has 0 aliphatic heterocycles. The molecule has 102 valence electrons. The molecule has 5 heteroatoms. The van der Waals surface area contributed by atoms with Crippen LogP contribution in [0.2, 0.25) is 0 Å². The van der Waals surface area contributed by atoms with Crippen molar-refractivity contribution >= 4 is 0 Å². The standard InChI is InChI=1S/C14H16F2N2O/c1-14(2,3)17-7-9-8-18-19-13(9)11-5-4-10(15)6-12(11)16/h4-6,8,17H,7H2,1-3H3. The number of aromatic nitrogens is 1. The summed E-state index contributed by atoms with van der Waals surface area (Å²) in [6.45, 7) is 6.58. The number of benzene rings is 1. The van der Waals surface area contributed by atoms with Crippen LogP contribution in [-0.4, -0.2) is 10.7 Å². The Morgan fingerprint density at radius 3 is 2.63 bits per heavy atom. The Morgan fingerprint density at radius 2 is 2.00 bits per heavy atom. The van der Waals surface area contributed by atoms with Gasteiger partial charge < -0.3 is 9.84 Å². The number of nitrogens with one attached hydrogen (secondary N) is 1. The molecule has 1 heterocycles. The van der Waals surface area contributed by atoms with Crippen molar-refractivity contribution in [1.29, 1.82) is 0 Å². The third-order valence-corrected chi connectivity index (χ3v) is 2.63. The van der Waals surface area contributed by atoms with Crippen molar-refractivity contribution in [3.63, 3.8) is 0 Å². The lowest BCUT2D eigenvalue weighted by Gasteiger charge is -2.20. The van der Waals surface area contributed by atoms with Crippen molar-refractivity contribution in [1.82, 2.24) is 10.5 Å². The molecule has 0 fully saturated rings. The van der Waals surface area contributed by atoms with Gasteiger partial charge in [-0.2, -0.15) is 0 Å². The number of hydrogen-bond acceptors (Lipinski definition) is 3. The van der Waals surface area contributed by atoms with Crippen LogP contribution in [0.1, 0.15) is 26.3 Å². The zero-order chi connectivity index (χ0) is 14.0. The third kappa shape index (κ3) is 3.38. The van der Waals surface area contributed by atoms with Crippen molar-refractivity contribution in [2.24, 2.45) is 0 Å². The second kappa shape index (κ2) is 5.09. The van der Waals surface area contributed by atoms with E-state index >= 15 is 0 Å². The van der Waals surface area contributed by atoms with Crippen LogP contribution in [0.3, 0.4) is 0 Å². The van der Waals surface area contributed by atoms with Crippen molar-refractivity contribution in [3.05, 3.63) is 41.6 Å². The van der Waals surface area contributed by atoms with E-state index in [1.807, 2.05) is 20.8 Å². The second-order valence-corrected chi connectivity index (χ2v) is 5.41. The van der Waals surface area contributed by atoms with E-state index in [4.69, 9.17) is 4.52 Å². The van der Waals surface area contributed by atoms with Gasteiger partial charge in [0.15, 0.2) is 5.76 Å². The van der Waals surface area contributed by atoms with Gasteiger partial charge in [0.25, 0.3) is 0 Å². The summed E-state index contributed by atoms with van der Waals surface area (Å²) in [6, 6.07) is 3.38. The summed E-state index contributed by atoms with van der Waals surface area (Å²) in [5.41, 5.74) is 0.876. The summed E-state index contributed by atoms with van der Waals surface area (Å²) < 4.78 is 31.7. The van der Waals surface area contributed by atoms with Crippen molar-refractivity contribution < 1.29 is 13.3 Å². The van der Waals surface area contributed by atoms with Crippen LogP contribution in [-0.2, 0) is 6.54 Å². The maximum Gasteiger partial charge on any atom is 0.174 e. The molecule has 0 aliphatic rings. The zero-order valence-electron chi connectivity index (χ0n) is 11.1. The normalized spacial score (nSPS) is 11.8. The first-order chi connectivity index (χ1) is 8.87. The fraction of sp³-hybridized carbons (Fsp3) is 0.357. The Labute approximate surface area is 110 Å². The van der Waals surface area contributed by atoms with E-state index in [9.17, 15) is 8.78 Å². The highest BCUT2D eigenvalue weighted by molar-refractivity contribution is 5.61. The molecule has 0 amide bonds. The van der Waals surface area contributed by atoms with Gasteiger partial charge in [-0.25, -0.2) is 8.78 Å². The summed E-state index contributed by atoms with van der Waals surface area (Å²) in [5, 5.41) is 6.96. The van der Waals surface area contributed by atoms with Crippen LogP contribution < -0.4 is 5.32 Å². The topological polar surface area (TPSA) is 38.1 Å². The first-order valence-corrected chi connectivity index (χ1v) is 6.01. The maximum atomic E-state index is 13.7. The molecule has 1 aromatic carbocycles. The summed E-state index contributed by atoms with van der Waals surface area (Å²) in [5.74, 6) is -0.946. The fourth-order valence-electron chi connectivity index (χ4n) is 1.64. The second-order valence-electron chi connectivity index (χ2n) is 5.41. The molecular formula is C14H16F2N2O. The first-order valence-electron chi connectivity index (χ1n) is 6.01. The van der Waals surface area contributed by atoms with Gasteiger partial charge in [-0.1, -0.05) is 5.16 Å². The van der Waals surface area contributed by atoms with Gasteiger partial charge in [-0.3, -0.25) is 0 Å². The molecule has 0 radical (unpaired) electrons. The molecule has 0 saturated carbocycles. The fourth-order valence-corrected chi connectivity index (χ4v) is 1.64. The van der Waals surface area contributed by atoms with Crippen LogP contribution >= 0.6 is 0 Å². The first kappa shape index (κ1) is 13.7. The van der Waals surface area contributed by atoms with Crippen molar-refractivity contribution in [3.8, 4) is 11.3 Å². The molecular weight excluding hydrogens is 250 g/mol. The minimum atomic E-state index is -0.659. The highest BCUT2D eigenvalue weighted by atomic mass is 19.1. The number of nitrogens with zero attached hydrogens (tertiary/aromatic N) is 1. The molecule has 1 N–H and O–H groups in total. The maximum absolute atomic E-state index is 13.7. The van der Waals surface area contributed by atoms with Crippen LogP contribution in [0.15, 0.2) is 28.9 Å². The number of hydrogen-bond donors (Lipinski definition) is 1. The van der Waals surface area contributed by atoms with Gasteiger partial charge in [0.05, 0.1) is 11.8 Å². The predicted octanol–water partition coefficient (Wildman–Crippen LogP) is 3.51. The Kier molecular flexibility index (Phi) is 3.66. The summed E-state index contributed by atoms with van der Waals surface area (Å²) >= 11 is 0. The monoisotopic (exact) mass is 266 g/mol. The molecule has 2 aromatic rings. The summed E-state index contributed by atoms with van der Waals surface area (Å²) in [4.78, 5) is 0. The molecule has 0 saturated heterocycles. The molecule has 1 aromatic heterocycles. The number of halogens is 2. The largest absolute Gasteiger partial charge is 0.356 e. The van der Waals surface area contributed by atoms with Crippen molar-refractivity contribution in [2.75, 3.05) is 0 Å². The van der Waals surface area contributed by atoms with E-state index < -0.39 is 11.6 Å². The smallest absolute Gasteiger partial charge is 0.174 e. The van der Waals surface area contributed by atoms with E-state index in [2.05, 4.69) is 10.5 Å². The van der Waals surface area contributed by atoms with E-state index in [-0.39, 0.29) is 11.1 Å². The summed E-state index contributed by atoms with van der Waals surface area (Å²) in [7, 11) is 0. The van der Waals surface area contributed by atoms with Crippen LogP contribution in [0.4, 0.5) is 8.78 Å². The summed E-state index contributed by atoms with van der Waals surface area (Å²) in [6.07, 6.45) is 1.54. The molecule has 19 heavy (non-hydrogen) atoms. The molecule has 0 atom stereocenters. The average Bonchev–Trinajstić information content (AvgIpc) is 2.73. The minimum Gasteiger partial charge on any atom is -0.356 e. The average molecular weight is 266 g/mol. The zero-order valence-corrected chi connectivity index (χ0v) is 11.1. The van der Waals surface area contributed by atoms with Gasteiger partial charge in [-0.15, -0.1) is 0 Å². The molecule has 0 spiro atoms. The lowest BCUT2D eigenvalue weighted by atomic mass is 10.1. The highest BCUT2D eigenvalue weighted by Gasteiger charge is 2.17. The van der Waals surface area contributed by atoms with Gasteiger partial charge in [-0.05, 0) is 32.9 Å². The van der Waals surface area contributed by atoms with E-state index in [0.29, 0.717) is 12.3 Å². The van der Waals surface area contributed by atoms with Crippen molar-refractivity contribution in [2.45, 2.75) is 32.9 Å². The van der Waals surface area contributed by atoms with Gasteiger partial charge >= 0.3 is 0 Å². The molecule has 2 rings (SSSR count). The Bertz CT molecular complexity index is 573. The SMILES string of the molecule is CC(C)(C)NCc1cnoc1-c1ccc(F)cc1F.